The van der Waals surface area contributed by atoms with Gasteiger partial charge in [0.25, 0.3) is 5.69 Å². The lowest BCUT2D eigenvalue weighted by atomic mass is 9.95. The molecule has 1 aliphatic rings. The van der Waals surface area contributed by atoms with Gasteiger partial charge in [0.15, 0.2) is 0 Å². The third-order valence-electron chi connectivity index (χ3n) is 3.97. The van der Waals surface area contributed by atoms with Crippen LogP contribution in [0.1, 0.15) is 35.2 Å². The maximum atomic E-state index is 11.1. The number of nitro groups is 1. The molecule has 0 bridgehead atoms. The Hall–Kier alpha value is -2.44. The molecule has 1 saturated heterocycles. The van der Waals surface area contributed by atoms with E-state index in [-0.39, 0.29) is 28.4 Å². The Labute approximate surface area is 127 Å². The van der Waals surface area contributed by atoms with Gasteiger partial charge in [0.05, 0.1) is 17.0 Å². The number of hydrogen-bond donors (Lipinski definition) is 3. The summed E-state index contributed by atoms with van der Waals surface area (Å²) in [4.78, 5) is 10.8. The highest BCUT2D eigenvalue weighted by atomic mass is 16.6. The molecule has 2 aromatic rings. The fraction of sp³-hybridized carbons (Fsp3) is 0.250. The molecule has 3 rings (SSSR count). The number of nitrogens with zero attached hydrogens (tertiary/aromatic N) is 1. The Morgan fingerprint density at radius 3 is 2.55 bits per heavy atom. The Bertz CT molecular complexity index is 718. The molecule has 114 valence electrons. The van der Waals surface area contributed by atoms with Crippen molar-refractivity contribution < 1.29 is 10.0 Å². The van der Waals surface area contributed by atoms with Crippen molar-refractivity contribution in [1.82, 2.24) is 10.9 Å². The van der Waals surface area contributed by atoms with Crippen LogP contribution in [0, 0.1) is 17.0 Å². The number of nitro benzene ring substituents is 1. The van der Waals surface area contributed by atoms with E-state index in [1.807, 2.05) is 19.1 Å². The number of hydrazine groups is 1. The second-order valence-electron chi connectivity index (χ2n) is 5.51. The van der Waals surface area contributed by atoms with Gasteiger partial charge < -0.3 is 5.11 Å². The lowest BCUT2D eigenvalue weighted by Gasteiger charge is -2.12. The predicted molar refractivity (Wildman–Crippen MR) is 82.3 cm³/mol. The van der Waals surface area contributed by atoms with Gasteiger partial charge in [0, 0.05) is 17.2 Å². The fourth-order valence-corrected chi connectivity index (χ4v) is 2.87. The number of hydrogen-bond acceptors (Lipinski definition) is 5. The summed E-state index contributed by atoms with van der Waals surface area (Å²) in [5.41, 5.74) is 8.83. The van der Waals surface area contributed by atoms with E-state index >= 15 is 0 Å². The van der Waals surface area contributed by atoms with Gasteiger partial charge in [0.2, 0.25) is 0 Å². The van der Waals surface area contributed by atoms with Gasteiger partial charge in [-0.25, -0.2) is 10.9 Å². The molecule has 1 fully saturated rings. The number of phenols is 1. The Kier molecular flexibility index (Phi) is 3.79. The largest absolute Gasteiger partial charge is 0.508 e. The van der Waals surface area contributed by atoms with E-state index in [4.69, 9.17) is 0 Å². The average Bonchev–Trinajstić information content (AvgIpc) is 2.99. The zero-order chi connectivity index (χ0) is 15.7. The molecule has 6 nitrogen and oxygen atoms in total. The molecule has 2 atom stereocenters. The van der Waals surface area contributed by atoms with Gasteiger partial charge in [-0.2, -0.15) is 0 Å². The molecule has 0 radical (unpaired) electrons. The summed E-state index contributed by atoms with van der Waals surface area (Å²) in [7, 11) is 0. The van der Waals surface area contributed by atoms with Crippen LogP contribution in [0.15, 0.2) is 42.5 Å². The summed E-state index contributed by atoms with van der Waals surface area (Å²) >= 11 is 0. The highest BCUT2D eigenvalue weighted by molar-refractivity contribution is 5.44. The zero-order valence-electron chi connectivity index (χ0n) is 12.1. The van der Waals surface area contributed by atoms with E-state index in [9.17, 15) is 15.2 Å². The molecule has 0 amide bonds. The number of nitrogens with one attached hydrogen (secondary N) is 2. The normalized spacial score (nSPS) is 21.0. The molecule has 0 aromatic heterocycles. The zero-order valence-corrected chi connectivity index (χ0v) is 12.1. The lowest BCUT2D eigenvalue weighted by Crippen LogP contribution is -2.27. The van der Waals surface area contributed by atoms with Crippen LogP contribution < -0.4 is 10.9 Å². The lowest BCUT2D eigenvalue weighted by molar-refractivity contribution is -0.385. The second kappa shape index (κ2) is 5.75. The van der Waals surface area contributed by atoms with E-state index in [2.05, 4.69) is 10.9 Å². The Morgan fingerprint density at radius 2 is 1.82 bits per heavy atom. The number of aromatic hydroxyl groups is 1. The smallest absolute Gasteiger partial charge is 0.274 e. The van der Waals surface area contributed by atoms with Gasteiger partial charge in [-0.3, -0.25) is 10.1 Å². The molecular weight excluding hydrogens is 282 g/mol. The van der Waals surface area contributed by atoms with E-state index < -0.39 is 0 Å². The minimum atomic E-state index is -0.367. The van der Waals surface area contributed by atoms with Crippen LogP contribution in [0.3, 0.4) is 0 Å². The van der Waals surface area contributed by atoms with E-state index in [0.29, 0.717) is 12.0 Å². The SMILES string of the molecule is Cc1ccc(O)c(C2CC(c3ccccc3[N+](=O)[O-])NN2)c1. The number of aryl methyl sites for hydroxylation is 1. The molecule has 22 heavy (non-hydrogen) atoms. The van der Waals surface area contributed by atoms with Crippen LogP contribution in [0.25, 0.3) is 0 Å². The number of rotatable bonds is 3. The summed E-state index contributed by atoms with van der Waals surface area (Å²) in [6.07, 6.45) is 0.627. The summed E-state index contributed by atoms with van der Waals surface area (Å²) in [6, 6.07) is 11.9. The molecule has 6 heteroatoms. The van der Waals surface area contributed by atoms with Crippen LogP contribution in [0.5, 0.6) is 5.75 Å². The third kappa shape index (κ3) is 2.66. The van der Waals surface area contributed by atoms with Gasteiger partial charge in [0.1, 0.15) is 5.75 Å². The second-order valence-corrected chi connectivity index (χ2v) is 5.51. The Balaban J connectivity index is 1.87. The number of phenolic OH excluding ortho intramolecular Hbond substituents is 1. The molecule has 0 aliphatic carbocycles. The molecule has 0 saturated carbocycles. The van der Waals surface area contributed by atoms with Crippen LogP contribution in [0.2, 0.25) is 0 Å². The van der Waals surface area contributed by atoms with E-state index in [1.54, 1.807) is 24.3 Å². The first kappa shape index (κ1) is 14.5. The number of benzene rings is 2. The molecule has 3 N–H and O–H groups in total. The summed E-state index contributed by atoms with van der Waals surface area (Å²) in [6.45, 7) is 1.96. The van der Waals surface area contributed by atoms with Crippen molar-refractivity contribution >= 4 is 5.69 Å². The van der Waals surface area contributed by atoms with Crippen LogP contribution in [0.4, 0.5) is 5.69 Å². The van der Waals surface area contributed by atoms with Gasteiger partial charge >= 0.3 is 0 Å². The van der Waals surface area contributed by atoms with Gasteiger partial charge in [-0.1, -0.05) is 35.9 Å². The quantitative estimate of drug-likeness (QED) is 0.599. The highest BCUT2D eigenvalue weighted by Crippen LogP contribution is 2.37. The van der Waals surface area contributed by atoms with E-state index in [0.717, 1.165) is 11.1 Å². The van der Waals surface area contributed by atoms with Crippen LogP contribution in [-0.4, -0.2) is 10.0 Å². The molecule has 2 unspecified atom stereocenters. The summed E-state index contributed by atoms with van der Waals surface area (Å²) in [5.74, 6) is 0.230. The summed E-state index contributed by atoms with van der Waals surface area (Å²) < 4.78 is 0. The minimum absolute atomic E-state index is 0.0929. The molecule has 0 spiro atoms. The average molecular weight is 299 g/mol. The van der Waals surface area contributed by atoms with Crippen molar-refractivity contribution in [3.05, 3.63) is 69.3 Å². The van der Waals surface area contributed by atoms with Crippen molar-refractivity contribution in [2.75, 3.05) is 0 Å². The van der Waals surface area contributed by atoms with Crippen molar-refractivity contribution in [1.29, 1.82) is 0 Å². The molecule has 1 aliphatic heterocycles. The molecule has 2 aromatic carbocycles. The first-order valence-electron chi connectivity index (χ1n) is 7.10. The van der Waals surface area contributed by atoms with Gasteiger partial charge in [-0.05, 0) is 19.4 Å². The van der Waals surface area contributed by atoms with Crippen LogP contribution in [-0.2, 0) is 0 Å². The topological polar surface area (TPSA) is 87.4 Å². The van der Waals surface area contributed by atoms with Crippen LogP contribution >= 0.6 is 0 Å². The molecule has 1 heterocycles. The standard InChI is InChI=1S/C16H17N3O3/c1-10-6-7-16(20)12(8-10)14-9-13(17-18-14)11-4-2-3-5-15(11)19(21)22/h2-8,13-14,17-18,20H,9H2,1H3. The Morgan fingerprint density at radius 1 is 1.14 bits per heavy atom. The highest BCUT2D eigenvalue weighted by Gasteiger charge is 2.31. The van der Waals surface area contributed by atoms with Gasteiger partial charge in [-0.15, -0.1) is 0 Å². The predicted octanol–water partition coefficient (Wildman–Crippen LogP) is 2.89. The minimum Gasteiger partial charge on any atom is -0.508 e. The third-order valence-corrected chi connectivity index (χ3v) is 3.97. The van der Waals surface area contributed by atoms with Crippen molar-refractivity contribution in [2.24, 2.45) is 0 Å². The van der Waals surface area contributed by atoms with Crippen molar-refractivity contribution in [2.45, 2.75) is 25.4 Å². The van der Waals surface area contributed by atoms with Crippen molar-refractivity contribution in [3.63, 3.8) is 0 Å². The maximum absolute atomic E-state index is 11.1. The molecular formula is C16H17N3O3. The fourth-order valence-electron chi connectivity index (χ4n) is 2.87. The monoisotopic (exact) mass is 299 g/mol. The van der Waals surface area contributed by atoms with Crippen molar-refractivity contribution in [3.8, 4) is 5.75 Å². The maximum Gasteiger partial charge on any atom is 0.274 e. The first-order chi connectivity index (χ1) is 10.6. The first-order valence-corrected chi connectivity index (χ1v) is 7.10. The van der Waals surface area contributed by atoms with E-state index in [1.165, 1.54) is 6.07 Å². The summed E-state index contributed by atoms with van der Waals surface area (Å²) in [5, 5.41) is 21.2. The number of para-hydroxylation sites is 1.